The minimum absolute atomic E-state index is 0.188. The van der Waals surface area contributed by atoms with Crippen molar-refractivity contribution in [1.29, 1.82) is 0 Å². The minimum atomic E-state index is -0.188. The fraction of sp³-hybridized carbons (Fsp3) is 0.286. The number of nitrogen functional groups attached to an aromatic ring is 1. The van der Waals surface area contributed by atoms with Crippen LogP contribution in [0, 0.1) is 0 Å². The summed E-state index contributed by atoms with van der Waals surface area (Å²) in [7, 11) is 1.53. The summed E-state index contributed by atoms with van der Waals surface area (Å²) in [6.45, 7) is 1.39. The lowest BCUT2D eigenvalue weighted by atomic mass is 10.1. The number of amides is 1. The van der Waals surface area contributed by atoms with Crippen molar-refractivity contribution < 1.29 is 9.53 Å². The molecule has 6 nitrogen and oxygen atoms in total. The number of carbonyl (C=O) groups is 1. The van der Waals surface area contributed by atoms with E-state index >= 15 is 0 Å². The molecule has 0 aliphatic heterocycles. The Balaban J connectivity index is 1.86. The Labute approximate surface area is 117 Å². The lowest BCUT2D eigenvalue weighted by Gasteiger charge is -2.10. The van der Waals surface area contributed by atoms with Crippen LogP contribution in [0.1, 0.15) is 16.8 Å². The van der Waals surface area contributed by atoms with Gasteiger partial charge in [-0.3, -0.25) is 4.79 Å². The van der Waals surface area contributed by atoms with Gasteiger partial charge in [-0.05, 0) is 18.6 Å². The number of para-hydroxylation sites is 1. The number of aromatic nitrogens is 2. The number of nitrogens with one attached hydrogen (secondary N) is 1. The average Bonchev–Trinajstić information content (AvgIpc) is 2.97. The Morgan fingerprint density at radius 3 is 3.05 bits per heavy atom. The number of aryl methyl sites for hydroxylation is 1. The van der Waals surface area contributed by atoms with Gasteiger partial charge in [0.2, 0.25) is 0 Å². The van der Waals surface area contributed by atoms with Gasteiger partial charge in [0, 0.05) is 25.5 Å². The van der Waals surface area contributed by atoms with E-state index in [0.717, 1.165) is 13.0 Å². The second-order valence-electron chi connectivity index (χ2n) is 4.33. The Kier molecular flexibility index (Phi) is 4.60. The highest BCUT2D eigenvalue weighted by Crippen LogP contribution is 2.24. The predicted molar refractivity (Wildman–Crippen MR) is 76.6 cm³/mol. The van der Waals surface area contributed by atoms with E-state index in [1.165, 1.54) is 7.11 Å². The lowest BCUT2D eigenvalue weighted by molar-refractivity contribution is 0.0953. The molecule has 6 heteroatoms. The third-order valence-electron chi connectivity index (χ3n) is 2.97. The molecule has 0 aliphatic rings. The van der Waals surface area contributed by atoms with Gasteiger partial charge in [-0.1, -0.05) is 6.07 Å². The second-order valence-corrected chi connectivity index (χ2v) is 4.33. The van der Waals surface area contributed by atoms with Crippen molar-refractivity contribution in [2.75, 3.05) is 19.4 Å². The van der Waals surface area contributed by atoms with Crippen LogP contribution in [0.5, 0.6) is 5.75 Å². The number of nitrogens with two attached hydrogens (primary N) is 1. The van der Waals surface area contributed by atoms with Gasteiger partial charge in [0.25, 0.3) is 5.91 Å². The Morgan fingerprint density at radius 1 is 1.50 bits per heavy atom. The third-order valence-corrected chi connectivity index (χ3v) is 2.97. The quantitative estimate of drug-likeness (QED) is 0.614. The zero-order valence-electron chi connectivity index (χ0n) is 11.4. The summed E-state index contributed by atoms with van der Waals surface area (Å²) in [4.78, 5) is 16.0. The van der Waals surface area contributed by atoms with Crippen LogP contribution in [-0.2, 0) is 6.54 Å². The first-order valence-corrected chi connectivity index (χ1v) is 6.39. The van der Waals surface area contributed by atoms with Crippen molar-refractivity contribution in [2.45, 2.75) is 13.0 Å². The highest BCUT2D eigenvalue weighted by molar-refractivity contribution is 6.00. The smallest absolute Gasteiger partial charge is 0.253 e. The fourth-order valence-corrected chi connectivity index (χ4v) is 1.90. The third kappa shape index (κ3) is 3.28. The SMILES string of the molecule is COc1cccc(C(=O)NCCCn2ccnc2)c1N. The highest BCUT2D eigenvalue weighted by atomic mass is 16.5. The zero-order valence-corrected chi connectivity index (χ0v) is 11.4. The predicted octanol–water partition coefficient (Wildman–Crippen LogP) is 1.29. The van der Waals surface area contributed by atoms with Crippen LogP contribution in [0.25, 0.3) is 0 Å². The summed E-state index contributed by atoms with van der Waals surface area (Å²) in [6, 6.07) is 5.16. The summed E-state index contributed by atoms with van der Waals surface area (Å²) in [5.41, 5.74) is 6.68. The zero-order chi connectivity index (χ0) is 14.4. The van der Waals surface area contributed by atoms with E-state index in [2.05, 4.69) is 10.3 Å². The number of imidazole rings is 1. The molecule has 0 spiro atoms. The number of ether oxygens (including phenoxy) is 1. The number of anilines is 1. The van der Waals surface area contributed by atoms with Gasteiger partial charge in [0.15, 0.2) is 0 Å². The molecular formula is C14H18N4O2. The normalized spacial score (nSPS) is 10.2. The van der Waals surface area contributed by atoms with Crippen LogP contribution < -0.4 is 15.8 Å². The first-order chi connectivity index (χ1) is 9.72. The van der Waals surface area contributed by atoms with Crippen LogP contribution in [0.2, 0.25) is 0 Å². The summed E-state index contributed by atoms with van der Waals surface area (Å²) < 4.78 is 7.06. The summed E-state index contributed by atoms with van der Waals surface area (Å²) in [5, 5.41) is 2.85. The molecule has 1 aromatic heterocycles. The van der Waals surface area contributed by atoms with Crippen molar-refractivity contribution >= 4 is 11.6 Å². The Bertz CT molecular complexity index is 567. The lowest BCUT2D eigenvalue weighted by Crippen LogP contribution is -2.26. The first-order valence-electron chi connectivity index (χ1n) is 6.39. The second kappa shape index (κ2) is 6.60. The fourth-order valence-electron chi connectivity index (χ4n) is 1.90. The van der Waals surface area contributed by atoms with E-state index in [9.17, 15) is 4.79 Å². The maximum absolute atomic E-state index is 12.0. The van der Waals surface area contributed by atoms with Crippen LogP contribution in [-0.4, -0.2) is 29.1 Å². The van der Waals surface area contributed by atoms with Gasteiger partial charge in [0.1, 0.15) is 5.75 Å². The van der Waals surface area contributed by atoms with Gasteiger partial charge in [-0.2, -0.15) is 0 Å². The number of rotatable bonds is 6. The van der Waals surface area contributed by atoms with Gasteiger partial charge >= 0.3 is 0 Å². The van der Waals surface area contributed by atoms with Crippen LogP contribution in [0.15, 0.2) is 36.9 Å². The molecule has 1 amide bonds. The standard InChI is InChI=1S/C14H18N4O2/c1-20-12-5-2-4-11(13(12)15)14(19)17-6-3-8-18-9-7-16-10-18/h2,4-5,7,9-10H,3,6,8,15H2,1H3,(H,17,19). The minimum Gasteiger partial charge on any atom is -0.495 e. The van der Waals surface area contributed by atoms with E-state index in [-0.39, 0.29) is 5.91 Å². The van der Waals surface area contributed by atoms with Crippen LogP contribution in [0.3, 0.4) is 0 Å². The molecule has 2 aromatic rings. The molecule has 0 saturated carbocycles. The Morgan fingerprint density at radius 2 is 2.35 bits per heavy atom. The highest BCUT2D eigenvalue weighted by Gasteiger charge is 2.12. The molecule has 0 radical (unpaired) electrons. The molecular weight excluding hydrogens is 256 g/mol. The molecule has 106 valence electrons. The molecule has 1 heterocycles. The van der Waals surface area contributed by atoms with E-state index in [1.807, 2.05) is 10.8 Å². The van der Waals surface area contributed by atoms with Gasteiger partial charge in [-0.25, -0.2) is 4.98 Å². The maximum Gasteiger partial charge on any atom is 0.253 e. The average molecular weight is 274 g/mol. The van der Waals surface area contributed by atoms with Crippen LogP contribution in [0.4, 0.5) is 5.69 Å². The van der Waals surface area contributed by atoms with E-state index < -0.39 is 0 Å². The molecule has 2 rings (SSSR count). The number of benzene rings is 1. The molecule has 3 N–H and O–H groups in total. The molecule has 0 fully saturated rings. The number of hydrogen-bond acceptors (Lipinski definition) is 4. The van der Waals surface area contributed by atoms with Gasteiger partial charge in [-0.15, -0.1) is 0 Å². The summed E-state index contributed by atoms with van der Waals surface area (Å²) in [5.74, 6) is 0.322. The van der Waals surface area contributed by atoms with Crippen LogP contribution >= 0.6 is 0 Å². The van der Waals surface area contributed by atoms with E-state index in [0.29, 0.717) is 23.5 Å². The monoisotopic (exact) mass is 274 g/mol. The van der Waals surface area contributed by atoms with Crippen molar-refractivity contribution in [3.8, 4) is 5.75 Å². The number of methoxy groups -OCH3 is 1. The largest absolute Gasteiger partial charge is 0.495 e. The van der Waals surface area contributed by atoms with Crippen molar-refractivity contribution in [3.05, 3.63) is 42.5 Å². The number of carbonyl (C=O) groups excluding carboxylic acids is 1. The van der Waals surface area contributed by atoms with Crippen molar-refractivity contribution in [2.24, 2.45) is 0 Å². The summed E-state index contributed by atoms with van der Waals surface area (Å²) in [6.07, 6.45) is 6.20. The molecule has 0 unspecified atom stereocenters. The molecule has 20 heavy (non-hydrogen) atoms. The van der Waals surface area contributed by atoms with Gasteiger partial charge < -0.3 is 20.4 Å². The Hall–Kier alpha value is -2.50. The molecule has 0 saturated heterocycles. The molecule has 0 atom stereocenters. The molecule has 0 bridgehead atoms. The van der Waals surface area contributed by atoms with E-state index in [1.54, 1.807) is 30.7 Å². The first kappa shape index (κ1) is 13.9. The molecule has 0 aliphatic carbocycles. The van der Waals surface area contributed by atoms with Crippen molar-refractivity contribution in [1.82, 2.24) is 14.9 Å². The summed E-state index contributed by atoms with van der Waals surface area (Å²) >= 11 is 0. The number of hydrogen-bond donors (Lipinski definition) is 2. The maximum atomic E-state index is 12.0. The number of nitrogens with zero attached hydrogens (tertiary/aromatic N) is 2. The van der Waals surface area contributed by atoms with E-state index in [4.69, 9.17) is 10.5 Å². The topological polar surface area (TPSA) is 82.2 Å². The molecule has 1 aromatic carbocycles. The van der Waals surface area contributed by atoms with Crippen molar-refractivity contribution in [3.63, 3.8) is 0 Å². The van der Waals surface area contributed by atoms with Gasteiger partial charge in [0.05, 0.1) is 24.7 Å².